The maximum atomic E-state index is 11.3. The molecule has 1 rings (SSSR count). The molecule has 7 heteroatoms. The molecule has 0 aliphatic heterocycles. The van der Waals surface area contributed by atoms with E-state index in [2.05, 4.69) is 10.6 Å². The quantitative estimate of drug-likeness (QED) is 0.466. The Morgan fingerprint density at radius 2 is 2.15 bits per heavy atom. The topological polar surface area (TPSA) is 108 Å². The summed E-state index contributed by atoms with van der Waals surface area (Å²) < 4.78 is 0. The molecule has 0 aliphatic carbocycles. The molecule has 20 heavy (non-hydrogen) atoms. The molecule has 1 amide bonds. The fourth-order valence-corrected chi connectivity index (χ4v) is 1.48. The summed E-state index contributed by atoms with van der Waals surface area (Å²) in [6, 6.07) is 5.94. The van der Waals surface area contributed by atoms with Crippen LogP contribution in [0.5, 0.6) is 0 Å². The van der Waals surface area contributed by atoms with Gasteiger partial charge in [0.1, 0.15) is 6.07 Å². The molecular formula is C13H16N4O3. The van der Waals surface area contributed by atoms with E-state index in [-0.39, 0.29) is 23.1 Å². The second kappa shape index (κ2) is 7.09. The molecule has 0 aromatic heterocycles. The van der Waals surface area contributed by atoms with E-state index in [9.17, 15) is 14.9 Å². The highest BCUT2D eigenvalue weighted by Gasteiger charge is 2.10. The normalized spacial score (nSPS) is 9.90. The fraction of sp³-hybridized carbons (Fsp3) is 0.385. The van der Waals surface area contributed by atoms with Gasteiger partial charge in [0.05, 0.1) is 16.2 Å². The minimum Gasteiger partial charge on any atom is -0.382 e. The molecule has 0 bridgehead atoms. The third-order valence-electron chi connectivity index (χ3n) is 2.60. The number of nitro groups is 1. The third-order valence-corrected chi connectivity index (χ3v) is 2.60. The SMILES string of the molecule is CC(C)C(=O)NCCNc1ccc([N+](=O)[O-])cc1C#N. The van der Waals surface area contributed by atoms with Crippen LogP contribution in [0, 0.1) is 27.4 Å². The maximum Gasteiger partial charge on any atom is 0.270 e. The predicted octanol–water partition coefficient (Wildman–Crippen LogP) is 1.65. The first kappa shape index (κ1) is 15.4. The van der Waals surface area contributed by atoms with Gasteiger partial charge in [0.25, 0.3) is 5.69 Å². The first-order valence-corrected chi connectivity index (χ1v) is 6.16. The number of hydrogen-bond donors (Lipinski definition) is 2. The van der Waals surface area contributed by atoms with Crippen molar-refractivity contribution in [3.63, 3.8) is 0 Å². The van der Waals surface area contributed by atoms with Gasteiger partial charge in [0.2, 0.25) is 5.91 Å². The molecule has 0 atom stereocenters. The van der Waals surface area contributed by atoms with E-state index in [1.807, 2.05) is 6.07 Å². The third kappa shape index (κ3) is 4.24. The highest BCUT2D eigenvalue weighted by molar-refractivity contribution is 5.77. The number of benzene rings is 1. The van der Waals surface area contributed by atoms with Crippen molar-refractivity contribution >= 4 is 17.3 Å². The van der Waals surface area contributed by atoms with Crippen molar-refractivity contribution in [2.75, 3.05) is 18.4 Å². The molecule has 1 aromatic rings. The van der Waals surface area contributed by atoms with Crippen LogP contribution in [-0.4, -0.2) is 23.9 Å². The van der Waals surface area contributed by atoms with Crippen LogP contribution in [0.4, 0.5) is 11.4 Å². The summed E-state index contributed by atoms with van der Waals surface area (Å²) >= 11 is 0. The van der Waals surface area contributed by atoms with Gasteiger partial charge in [-0.1, -0.05) is 13.8 Å². The Hall–Kier alpha value is -2.62. The Bertz CT molecular complexity index is 549. The van der Waals surface area contributed by atoms with Gasteiger partial charge in [0.15, 0.2) is 0 Å². The van der Waals surface area contributed by atoms with E-state index in [0.29, 0.717) is 18.8 Å². The number of nitrogens with one attached hydrogen (secondary N) is 2. The van der Waals surface area contributed by atoms with Crippen molar-refractivity contribution in [3.8, 4) is 6.07 Å². The van der Waals surface area contributed by atoms with Crippen molar-refractivity contribution in [1.82, 2.24) is 5.32 Å². The standard InChI is InChI=1S/C13H16N4O3/c1-9(2)13(18)16-6-5-15-12-4-3-11(17(19)20)7-10(12)8-14/h3-4,7,9,15H,5-6H2,1-2H3,(H,16,18). The van der Waals surface area contributed by atoms with Gasteiger partial charge in [-0.2, -0.15) is 5.26 Å². The molecule has 0 unspecified atom stereocenters. The van der Waals surface area contributed by atoms with Crippen molar-refractivity contribution < 1.29 is 9.72 Å². The number of non-ortho nitro benzene ring substituents is 1. The number of nitriles is 1. The van der Waals surface area contributed by atoms with Crippen molar-refractivity contribution in [3.05, 3.63) is 33.9 Å². The highest BCUT2D eigenvalue weighted by Crippen LogP contribution is 2.20. The molecular weight excluding hydrogens is 260 g/mol. The molecule has 106 valence electrons. The van der Waals surface area contributed by atoms with E-state index in [1.54, 1.807) is 13.8 Å². The first-order valence-electron chi connectivity index (χ1n) is 6.16. The number of anilines is 1. The Morgan fingerprint density at radius 3 is 2.70 bits per heavy atom. The number of carbonyl (C=O) groups excluding carboxylic acids is 1. The van der Waals surface area contributed by atoms with E-state index < -0.39 is 4.92 Å². The second-order valence-corrected chi connectivity index (χ2v) is 4.47. The molecule has 0 saturated heterocycles. The number of amides is 1. The predicted molar refractivity (Wildman–Crippen MR) is 74.1 cm³/mol. The highest BCUT2D eigenvalue weighted by atomic mass is 16.6. The number of hydrogen-bond acceptors (Lipinski definition) is 5. The van der Waals surface area contributed by atoms with Crippen LogP contribution in [0.25, 0.3) is 0 Å². The Labute approximate surface area is 116 Å². The van der Waals surface area contributed by atoms with Gasteiger partial charge in [-0.05, 0) is 6.07 Å². The van der Waals surface area contributed by atoms with Gasteiger partial charge in [-0.3, -0.25) is 14.9 Å². The molecule has 1 aromatic carbocycles. The van der Waals surface area contributed by atoms with Crippen LogP contribution in [0.2, 0.25) is 0 Å². The molecule has 0 aliphatic rings. The number of carbonyl (C=O) groups is 1. The summed E-state index contributed by atoms with van der Waals surface area (Å²) in [5, 5.41) is 25.3. The van der Waals surface area contributed by atoms with Crippen LogP contribution in [-0.2, 0) is 4.79 Å². The van der Waals surface area contributed by atoms with Gasteiger partial charge < -0.3 is 10.6 Å². The minimum atomic E-state index is -0.548. The smallest absolute Gasteiger partial charge is 0.270 e. The maximum absolute atomic E-state index is 11.3. The Morgan fingerprint density at radius 1 is 1.45 bits per heavy atom. The average Bonchev–Trinajstić information content (AvgIpc) is 2.42. The number of nitro benzene ring substituents is 1. The van der Waals surface area contributed by atoms with Crippen molar-refractivity contribution in [1.29, 1.82) is 5.26 Å². The molecule has 0 heterocycles. The van der Waals surface area contributed by atoms with Crippen LogP contribution >= 0.6 is 0 Å². The lowest BCUT2D eigenvalue weighted by Crippen LogP contribution is -2.31. The summed E-state index contributed by atoms with van der Waals surface area (Å²) in [4.78, 5) is 21.4. The zero-order chi connectivity index (χ0) is 15.1. The largest absolute Gasteiger partial charge is 0.382 e. The van der Waals surface area contributed by atoms with E-state index in [4.69, 9.17) is 5.26 Å². The molecule has 0 spiro atoms. The lowest BCUT2D eigenvalue weighted by Gasteiger charge is -2.10. The van der Waals surface area contributed by atoms with Crippen LogP contribution in [0.1, 0.15) is 19.4 Å². The summed E-state index contributed by atoms with van der Waals surface area (Å²) in [5.41, 5.74) is 0.589. The van der Waals surface area contributed by atoms with Crippen LogP contribution < -0.4 is 10.6 Å². The average molecular weight is 276 g/mol. The molecule has 0 fully saturated rings. The van der Waals surface area contributed by atoms with E-state index in [0.717, 1.165) is 0 Å². The fourth-order valence-electron chi connectivity index (χ4n) is 1.48. The molecule has 0 saturated carbocycles. The summed E-state index contributed by atoms with van der Waals surface area (Å²) in [7, 11) is 0. The van der Waals surface area contributed by atoms with E-state index in [1.165, 1.54) is 18.2 Å². The minimum absolute atomic E-state index is 0.0454. The van der Waals surface area contributed by atoms with Crippen molar-refractivity contribution in [2.45, 2.75) is 13.8 Å². The lowest BCUT2D eigenvalue weighted by molar-refractivity contribution is -0.384. The van der Waals surface area contributed by atoms with Gasteiger partial charge in [-0.15, -0.1) is 0 Å². The molecule has 7 nitrogen and oxygen atoms in total. The lowest BCUT2D eigenvalue weighted by atomic mass is 10.1. The number of nitrogens with zero attached hydrogens (tertiary/aromatic N) is 2. The Kier molecular flexibility index (Phi) is 5.47. The molecule has 2 N–H and O–H groups in total. The number of rotatable bonds is 6. The van der Waals surface area contributed by atoms with Gasteiger partial charge in [-0.25, -0.2) is 0 Å². The van der Waals surface area contributed by atoms with Gasteiger partial charge in [0, 0.05) is 31.1 Å². The second-order valence-electron chi connectivity index (χ2n) is 4.47. The van der Waals surface area contributed by atoms with Crippen LogP contribution in [0.15, 0.2) is 18.2 Å². The Balaban J connectivity index is 2.59. The summed E-state index contributed by atoms with van der Waals surface area (Å²) in [6.45, 7) is 4.45. The zero-order valence-electron chi connectivity index (χ0n) is 11.3. The van der Waals surface area contributed by atoms with E-state index >= 15 is 0 Å². The van der Waals surface area contributed by atoms with Crippen LogP contribution in [0.3, 0.4) is 0 Å². The monoisotopic (exact) mass is 276 g/mol. The first-order chi connectivity index (χ1) is 9.45. The zero-order valence-corrected chi connectivity index (χ0v) is 11.3. The summed E-state index contributed by atoms with van der Waals surface area (Å²) in [5.74, 6) is -0.125. The summed E-state index contributed by atoms with van der Waals surface area (Å²) in [6.07, 6.45) is 0. The van der Waals surface area contributed by atoms with Crippen molar-refractivity contribution in [2.24, 2.45) is 5.92 Å². The van der Waals surface area contributed by atoms with Gasteiger partial charge >= 0.3 is 0 Å². The molecule has 0 radical (unpaired) electrons.